The minimum atomic E-state index is 0.840. The summed E-state index contributed by atoms with van der Waals surface area (Å²) in [4.78, 5) is 4.33. The van der Waals surface area contributed by atoms with Gasteiger partial charge >= 0.3 is 0 Å². The third kappa shape index (κ3) is 1.36. The van der Waals surface area contributed by atoms with Gasteiger partial charge in [0.2, 0.25) is 0 Å². The number of nitrogens with zero attached hydrogens (tertiary/aromatic N) is 1. The second-order valence-electron chi connectivity index (χ2n) is 2.41. The van der Waals surface area contributed by atoms with Crippen LogP contribution in [0, 0.1) is 0 Å². The molecule has 0 saturated carbocycles. The van der Waals surface area contributed by atoms with Crippen molar-refractivity contribution in [1.82, 2.24) is 0 Å². The molecule has 0 aromatic heterocycles. The number of rotatable bonds is 0. The van der Waals surface area contributed by atoms with E-state index in [2.05, 4.69) is 61.7 Å². The summed E-state index contributed by atoms with van der Waals surface area (Å²) in [6.07, 6.45) is 0. The third-order valence-electron chi connectivity index (χ3n) is 1.68. The van der Waals surface area contributed by atoms with Gasteiger partial charge in [0.15, 0.2) is 0 Å². The second kappa shape index (κ2) is 2.86. The molecule has 3 heteroatoms. The average Bonchev–Trinajstić information content (AvgIpc) is 2.32. The van der Waals surface area contributed by atoms with Crippen molar-refractivity contribution in [3.8, 4) is 0 Å². The lowest BCUT2D eigenvalue weighted by molar-refractivity contribution is 1.11. The summed E-state index contributed by atoms with van der Waals surface area (Å²) in [5.74, 6) is 0. The monoisotopic (exact) mass is 321 g/mol. The summed E-state index contributed by atoms with van der Waals surface area (Å²) < 4.78 is 2.27. The van der Waals surface area contributed by atoms with E-state index in [1.165, 1.54) is 11.1 Å². The molecule has 56 valence electrons. The molecular formula is C8H5BrIN. The fourth-order valence-corrected chi connectivity index (χ4v) is 2.24. The molecule has 0 bridgehead atoms. The Bertz CT molecular complexity index is 333. The lowest BCUT2D eigenvalue weighted by Crippen LogP contribution is -1.86. The van der Waals surface area contributed by atoms with E-state index >= 15 is 0 Å². The summed E-state index contributed by atoms with van der Waals surface area (Å²) in [5.41, 5.74) is 2.61. The van der Waals surface area contributed by atoms with Crippen LogP contribution in [0.3, 0.4) is 0 Å². The van der Waals surface area contributed by atoms with Gasteiger partial charge in [-0.25, -0.2) is 0 Å². The molecule has 2 rings (SSSR count). The summed E-state index contributed by atoms with van der Waals surface area (Å²) >= 11 is 5.70. The van der Waals surface area contributed by atoms with Crippen LogP contribution in [0.25, 0.3) is 0 Å². The predicted molar refractivity (Wildman–Crippen MR) is 58.4 cm³/mol. The highest BCUT2D eigenvalue weighted by molar-refractivity contribution is 14.1. The molecule has 1 aromatic rings. The first kappa shape index (κ1) is 7.73. The first-order valence-electron chi connectivity index (χ1n) is 3.26. The molecule has 1 aliphatic heterocycles. The summed E-state index contributed by atoms with van der Waals surface area (Å²) in [6.45, 7) is 0.840. The lowest BCUT2D eigenvalue weighted by Gasteiger charge is -1.97. The Morgan fingerprint density at radius 2 is 2.27 bits per heavy atom. The highest BCUT2D eigenvalue weighted by Gasteiger charge is 2.12. The van der Waals surface area contributed by atoms with Crippen LogP contribution in [0.1, 0.15) is 11.1 Å². The largest absolute Gasteiger partial charge is 0.273 e. The van der Waals surface area contributed by atoms with Crippen molar-refractivity contribution in [2.45, 2.75) is 6.54 Å². The van der Waals surface area contributed by atoms with Crippen LogP contribution < -0.4 is 0 Å². The maximum absolute atomic E-state index is 4.33. The van der Waals surface area contributed by atoms with E-state index in [9.17, 15) is 0 Å². The zero-order chi connectivity index (χ0) is 7.84. The Kier molecular flexibility index (Phi) is 2.01. The zero-order valence-corrected chi connectivity index (χ0v) is 9.39. The standard InChI is InChI=1S/C8H5BrIN/c9-6-1-2-7-5(3-6)4-11-8(7)10/h1-3H,4H2. The Morgan fingerprint density at radius 1 is 1.45 bits per heavy atom. The van der Waals surface area contributed by atoms with Gasteiger partial charge in [-0.15, -0.1) is 0 Å². The Balaban J connectivity index is 2.58. The molecule has 1 nitrogen and oxygen atoms in total. The van der Waals surface area contributed by atoms with Gasteiger partial charge in [-0.05, 0) is 40.3 Å². The molecular weight excluding hydrogens is 317 g/mol. The molecule has 1 aromatic carbocycles. The van der Waals surface area contributed by atoms with Gasteiger partial charge in [-0.1, -0.05) is 22.0 Å². The molecule has 0 unspecified atom stereocenters. The Hall–Kier alpha value is 0.100. The molecule has 0 amide bonds. The smallest absolute Gasteiger partial charge is 0.103 e. The Labute approximate surface area is 87.2 Å². The maximum atomic E-state index is 4.33. The number of hydrogen-bond donors (Lipinski definition) is 0. The van der Waals surface area contributed by atoms with Gasteiger partial charge in [0.05, 0.1) is 6.54 Å². The fraction of sp³-hybridized carbons (Fsp3) is 0.125. The van der Waals surface area contributed by atoms with Crippen LogP contribution in [0.5, 0.6) is 0 Å². The maximum Gasteiger partial charge on any atom is 0.103 e. The van der Waals surface area contributed by atoms with Gasteiger partial charge < -0.3 is 0 Å². The molecule has 1 heterocycles. The van der Waals surface area contributed by atoms with Crippen molar-refractivity contribution >= 4 is 42.2 Å². The lowest BCUT2D eigenvalue weighted by atomic mass is 10.1. The van der Waals surface area contributed by atoms with Crippen molar-refractivity contribution in [2.24, 2.45) is 4.99 Å². The minimum absolute atomic E-state index is 0.840. The highest BCUT2D eigenvalue weighted by Crippen LogP contribution is 2.25. The van der Waals surface area contributed by atoms with E-state index in [1.54, 1.807) is 0 Å². The summed E-state index contributed by atoms with van der Waals surface area (Å²) in [6, 6.07) is 6.29. The predicted octanol–water partition coefficient (Wildman–Crippen LogP) is 3.14. The van der Waals surface area contributed by atoms with Crippen LogP contribution in [-0.4, -0.2) is 3.72 Å². The summed E-state index contributed by atoms with van der Waals surface area (Å²) in [5, 5.41) is 0. The fourth-order valence-electron chi connectivity index (χ4n) is 1.13. The quantitative estimate of drug-likeness (QED) is 0.651. The minimum Gasteiger partial charge on any atom is -0.273 e. The number of hydrogen-bond acceptors (Lipinski definition) is 1. The average molecular weight is 322 g/mol. The zero-order valence-electron chi connectivity index (χ0n) is 5.64. The van der Waals surface area contributed by atoms with Crippen LogP contribution in [0.2, 0.25) is 0 Å². The molecule has 0 spiro atoms. The van der Waals surface area contributed by atoms with Crippen LogP contribution in [-0.2, 0) is 6.54 Å². The van der Waals surface area contributed by atoms with Crippen LogP contribution >= 0.6 is 38.5 Å². The SMILES string of the molecule is Brc1ccc2c(c1)CN=C2I. The van der Waals surface area contributed by atoms with E-state index in [1.807, 2.05) is 0 Å². The highest BCUT2D eigenvalue weighted by atomic mass is 127. The molecule has 0 aliphatic carbocycles. The van der Waals surface area contributed by atoms with Crippen molar-refractivity contribution in [1.29, 1.82) is 0 Å². The van der Waals surface area contributed by atoms with Gasteiger partial charge in [0.1, 0.15) is 3.72 Å². The van der Waals surface area contributed by atoms with Gasteiger partial charge in [0, 0.05) is 10.0 Å². The second-order valence-corrected chi connectivity index (χ2v) is 4.35. The Morgan fingerprint density at radius 3 is 3.09 bits per heavy atom. The molecule has 0 atom stereocenters. The van der Waals surface area contributed by atoms with Crippen LogP contribution in [0.4, 0.5) is 0 Å². The molecule has 0 radical (unpaired) electrons. The molecule has 11 heavy (non-hydrogen) atoms. The molecule has 0 N–H and O–H groups in total. The number of benzene rings is 1. The molecule has 0 saturated heterocycles. The van der Waals surface area contributed by atoms with E-state index in [0.29, 0.717) is 0 Å². The van der Waals surface area contributed by atoms with Crippen molar-refractivity contribution in [2.75, 3.05) is 0 Å². The summed E-state index contributed by atoms with van der Waals surface area (Å²) in [7, 11) is 0. The number of halogens is 2. The number of fused-ring (bicyclic) bond motifs is 1. The van der Waals surface area contributed by atoms with Gasteiger partial charge in [-0.2, -0.15) is 0 Å². The van der Waals surface area contributed by atoms with Gasteiger partial charge in [0.25, 0.3) is 0 Å². The third-order valence-corrected chi connectivity index (χ3v) is 3.09. The first-order chi connectivity index (χ1) is 5.27. The van der Waals surface area contributed by atoms with Crippen LogP contribution in [0.15, 0.2) is 27.7 Å². The molecule has 1 aliphatic rings. The topological polar surface area (TPSA) is 12.4 Å². The normalized spacial score (nSPS) is 14.5. The number of aliphatic imine (C=N–C) groups is 1. The van der Waals surface area contributed by atoms with E-state index < -0.39 is 0 Å². The van der Waals surface area contributed by atoms with E-state index in [0.717, 1.165) is 14.7 Å². The molecule has 0 fully saturated rings. The van der Waals surface area contributed by atoms with E-state index in [-0.39, 0.29) is 0 Å². The first-order valence-corrected chi connectivity index (χ1v) is 5.13. The van der Waals surface area contributed by atoms with Gasteiger partial charge in [-0.3, -0.25) is 4.99 Å². The van der Waals surface area contributed by atoms with Crippen molar-refractivity contribution < 1.29 is 0 Å². The van der Waals surface area contributed by atoms with E-state index in [4.69, 9.17) is 0 Å². The van der Waals surface area contributed by atoms with Crippen molar-refractivity contribution in [3.63, 3.8) is 0 Å². The van der Waals surface area contributed by atoms with Crippen molar-refractivity contribution in [3.05, 3.63) is 33.8 Å².